The van der Waals surface area contributed by atoms with Crippen molar-refractivity contribution in [2.45, 2.75) is 63.2 Å². The number of hydrogen-bond donors (Lipinski definition) is 2. The number of likely N-dealkylation sites (tertiary alicyclic amines) is 1. The van der Waals surface area contributed by atoms with Gasteiger partial charge in [-0.15, -0.1) is 0 Å². The number of hydrogen-bond acceptors (Lipinski definition) is 8. The number of carbonyl (C=O) groups excluding carboxylic acids is 1. The van der Waals surface area contributed by atoms with Gasteiger partial charge in [0.1, 0.15) is 18.4 Å². The number of halogens is 4. The summed E-state index contributed by atoms with van der Waals surface area (Å²) in [7, 11) is 1.85. The van der Waals surface area contributed by atoms with Gasteiger partial charge in [0.05, 0.1) is 30.1 Å². The van der Waals surface area contributed by atoms with Crippen LogP contribution in [-0.4, -0.2) is 86.8 Å². The predicted molar refractivity (Wildman–Crippen MR) is 153 cm³/mol. The summed E-state index contributed by atoms with van der Waals surface area (Å²) in [5.74, 6) is -0.515. The third kappa shape index (κ3) is 6.29. The summed E-state index contributed by atoms with van der Waals surface area (Å²) in [6.45, 7) is 2.88. The maximum atomic E-state index is 14.8. The van der Waals surface area contributed by atoms with Crippen LogP contribution >= 0.6 is 0 Å². The fraction of sp³-hybridized carbons (Fsp3) is 0.517. The Morgan fingerprint density at radius 1 is 1.23 bits per heavy atom. The number of fused-ring (bicyclic) bond motifs is 1. The van der Waals surface area contributed by atoms with Crippen LogP contribution in [0.4, 0.5) is 23.2 Å². The normalized spacial score (nSPS) is 21.0. The highest BCUT2D eigenvalue weighted by Crippen LogP contribution is 2.35. The molecule has 1 amide bonds. The van der Waals surface area contributed by atoms with Crippen molar-refractivity contribution in [3.05, 3.63) is 48.4 Å². The lowest BCUT2D eigenvalue weighted by atomic mass is 9.92. The first-order valence-electron chi connectivity index (χ1n) is 14.5. The van der Waals surface area contributed by atoms with Crippen LogP contribution in [0.2, 0.25) is 0 Å². The summed E-state index contributed by atoms with van der Waals surface area (Å²) in [4.78, 5) is 23.2. The Kier molecular flexibility index (Phi) is 8.09. The van der Waals surface area contributed by atoms with Crippen molar-refractivity contribution in [2.75, 3.05) is 38.7 Å². The Morgan fingerprint density at radius 2 is 2.02 bits per heavy atom. The standard InChI is InChI=1S/C29H34F4N8O3/c1-28(7-10-43-11-8-28)40-15-22(35-17-40)27(42)34-13-25-37-26(38-44-25)24-12-18-20(36-21-6-9-39(2)14-19(21)30)4-3-5-23(18)41(24)16-29(31,32)33/h3-5,12,15,17,19,21,36H,6-11,13-14,16H2,1-2H3,(H,34,42)/t19-,21+/m0/s1. The molecule has 0 aliphatic carbocycles. The zero-order chi connectivity index (χ0) is 31.1. The van der Waals surface area contributed by atoms with Gasteiger partial charge >= 0.3 is 6.18 Å². The number of alkyl halides is 4. The number of carbonyl (C=O) groups is 1. The molecule has 0 spiro atoms. The molecule has 4 aromatic rings. The fourth-order valence-corrected chi connectivity index (χ4v) is 5.85. The van der Waals surface area contributed by atoms with Crippen molar-refractivity contribution in [3.8, 4) is 11.5 Å². The Labute approximate surface area is 250 Å². The number of aromatic nitrogens is 5. The van der Waals surface area contributed by atoms with Crippen molar-refractivity contribution in [3.63, 3.8) is 0 Å². The highest BCUT2D eigenvalue weighted by Gasteiger charge is 2.33. The molecule has 5 heterocycles. The van der Waals surface area contributed by atoms with E-state index in [1.54, 1.807) is 36.8 Å². The van der Waals surface area contributed by atoms with Gasteiger partial charge in [-0.05, 0) is 51.4 Å². The van der Waals surface area contributed by atoms with Gasteiger partial charge in [0, 0.05) is 49.1 Å². The molecule has 2 N–H and O–H groups in total. The third-order valence-electron chi connectivity index (χ3n) is 8.47. The van der Waals surface area contributed by atoms with E-state index in [9.17, 15) is 22.4 Å². The first-order chi connectivity index (χ1) is 21.0. The average molecular weight is 619 g/mol. The number of anilines is 1. The number of piperidine rings is 1. The van der Waals surface area contributed by atoms with Crippen molar-refractivity contribution in [1.29, 1.82) is 0 Å². The van der Waals surface area contributed by atoms with Gasteiger partial charge in [0.25, 0.3) is 5.91 Å². The van der Waals surface area contributed by atoms with Crippen LogP contribution in [0.15, 0.2) is 41.3 Å². The van der Waals surface area contributed by atoms with E-state index in [1.807, 2.05) is 16.5 Å². The summed E-state index contributed by atoms with van der Waals surface area (Å²) in [6.07, 6.45) is -0.216. The molecule has 0 bridgehead atoms. The van der Waals surface area contributed by atoms with E-state index < -0.39 is 30.8 Å². The van der Waals surface area contributed by atoms with Crippen LogP contribution in [-0.2, 0) is 23.4 Å². The van der Waals surface area contributed by atoms with Crippen LogP contribution in [0.3, 0.4) is 0 Å². The maximum Gasteiger partial charge on any atom is 0.406 e. The number of rotatable bonds is 8. The van der Waals surface area contributed by atoms with Gasteiger partial charge in [-0.2, -0.15) is 18.2 Å². The minimum Gasteiger partial charge on any atom is -0.381 e. The number of benzene rings is 1. The van der Waals surface area contributed by atoms with Gasteiger partial charge in [0.15, 0.2) is 0 Å². The zero-order valence-corrected chi connectivity index (χ0v) is 24.4. The highest BCUT2D eigenvalue weighted by atomic mass is 19.4. The monoisotopic (exact) mass is 618 g/mol. The molecular weight excluding hydrogens is 584 g/mol. The Morgan fingerprint density at radius 3 is 2.77 bits per heavy atom. The van der Waals surface area contributed by atoms with Gasteiger partial charge < -0.3 is 33.9 Å². The minimum atomic E-state index is -4.53. The first kappa shape index (κ1) is 30.1. The summed E-state index contributed by atoms with van der Waals surface area (Å²) in [5, 5.41) is 10.3. The van der Waals surface area contributed by atoms with Gasteiger partial charge in [-0.3, -0.25) is 4.79 Å². The molecule has 0 unspecified atom stereocenters. The summed E-state index contributed by atoms with van der Waals surface area (Å²) in [5.41, 5.74) is 0.904. The maximum absolute atomic E-state index is 14.8. The Hall–Kier alpha value is -3.98. The Bertz CT molecular complexity index is 1620. The van der Waals surface area contributed by atoms with Crippen LogP contribution < -0.4 is 10.6 Å². The van der Waals surface area contributed by atoms with E-state index in [0.29, 0.717) is 42.8 Å². The molecule has 0 radical (unpaired) electrons. The van der Waals surface area contributed by atoms with Crippen LogP contribution in [0.25, 0.3) is 22.4 Å². The highest BCUT2D eigenvalue weighted by molar-refractivity contribution is 5.96. The SMILES string of the molecule is CN1CC[C@@H](Nc2cccc3c2cc(-c2noc(CNC(=O)c4cn(C5(C)CCOCC5)cn4)n2)n3CC(F)(F)F)[C@@H](F)C1. The Balaban J connectivity index is 1.21. The lowest BCUT2D eigenvalue weighted by Crippen LogP contribution is -2.46. The summed E-state index contributed by atoms with van der Waals surface area (Å²) < 4.78 is 69.6. The van der Waals surface area contributed by atoms with Gasteiger partial charge in [-0.1, -0.05) is 11.2 Å². The molecular formula is C29H34F4N8O3. The topological polar surface area (TPSA) is 115 Å². The molecule has 11 nitrogen and oxygen atoms in total. The van der Waals surface area contributed by atoms with Gasteiger partial charge in [-0.25, -0.2) is 9.37 Å². The summed E-state index contributed by atoms with van der Waals surface area (Å²) in [6, 6.07) is 5.99. The van der Waals surface area contributed by atoms with Crippen LogP contribution in [0, 0.1) is 0 Å². The van der Waals surface area contributed by atoms with Crippen molar-refractivity contribution in [1.82, 2.24) is 34.5 Å². The molecule has 1 aromatic carbocycles. The largest absolute Gasteiger partial charge is 0.406 e. The van der Waals surface area contributed by atoms with E-state index in [1.165, 1.54) is 0 Å². The van der Waals surface area contributed by atoms with Gasteiger partial charge in [0.2, 0.25) is 11.7 Å². The molecule has 15 heteroatoms. The van der Waals surface area contributed by atoms with E-state index in [2.05, 4.69) is 32.7 Å². The van der Waals surface area contributed by atoms with E-state index in [-0.39, 0.29) is 41.7 Å². The minimum absolute atomic E-state index is 0.0120. The number of nitrogens with zero attached hydrogens (tertiary/aromatic N) is 6. The third-order valence-corrected chi connectivity index (χ3v) is 8.47. The molecule has 236 valence electrons. The van der Waals surface area contributed by atoms with Crippen LogP contribution in [0.1, 0.15) is 42.6 Å². The first-order valence-corrected chi connectivity index (χ1v) is 14.5. The number of ether oxygens (including phenoxy) is 1. The molecule has 44 heavy (non-hydrogen) atoms. The molecule has 3 aromatic heterocycles. The van der Waals surface area contributed by atoms with E-state index in [4.69, 9.17) is 9.26 Å². The smallest absolute Gasteiger partial charge is 0.381 e. The average Bonchev–Trinajstić information content (AvgIpc) is 3.73. The molecule has 2 fully saturated rings. The molecule has 2 aliphatic rings. The number of nitrogens with one attached hydrogen (secondary N) is 2. The second kappa shape index (κ2) is 11.8. The quantitative estimate of drug-likeness (QED) is 0.280. The lowest BCUT2D eigenvalue weighted by molar-refractivity contribution is -0.139. The van der Waals surface area contributed by atoms with Crippen molar-refractivity contribution in [2.24, 2.45) is 0 Å². The number of imidazole rings is 1. The van der Waals surface area contributed by atoms with Crippen LogP contribution in [0.5, 0.6) is 0 Å². The molecule has 2 saturated heterocycles. The predicted octanol–water partition coefficient (Wildman–Crippen LogP) is 4.36. The fourth-order valence-electron chi connectivity index (χ4n) is 5.85. The second-order valence-corrected chi connectivity index (χ2v) is 11.8. The molecule has 2 aliphatic heterocycles. The molecule has 0 saturated carbocycles. The molecule has 2 atom stereocenters. The van der Waals surface area contributed by atoms with E-state index >= 15 is 0 Å². The van der Waals surface area contributed by atoms with Crippen molar-refractivity contribution < 1.29 is 31.6 Å². The van der Waals surface area contributed by atoms with E-state index in [0.717, 1.165) is 17.4 Å². The lowest BCUT2D eigenvalue weighted by Gasteiger charge is -2.34. The molecule has 6 rings (SSSR count). The number of amides is 1. The summed E-state index contributed by atoms with van der Waals surface area (Å²) >= 11 is 0. The second-order valence-electron chi connectivity index (χ2n) is 11.8. The van der Waals surface area contributed by atoms with Crippen molar-refractivity contribution >= 4 is 22.5 Å². The zero-order valence-electron chi connectivity index (χ0n) is 24.4.